The van der Waals surface area contributed by atoms with Gasteiger partial charge in [-0.15, -0.1) is 11.3 Å². The van der Waals surface area contributed by atoms with E-state index in [1.165, 1.54) is 12.1 Å². The Morgan fingerprint density at radius 3 is 2.77 bits per heavy atom. The van der Waals surface area contributed by atoms with E-state index in [0.717, 1.165) is 10.6 Å². The molecule has 3 rings (SSSR count). The van der Waals surface area contributed by atoms with Crippen LogP contribution in [0.15, 0.2) is 58.3 Å². The van der Waals surface area contributed by atoms with E-state index >= 15 is 0 Å². The third-order valence-corrected chi connectivity index (χ3v) is 3.86. The van der Waals surface area contributed by atoms with Crippen LogP contribution < -0.4 is 10.6 Å². The molecule has 0 bridgehead atoms. The highest BCUT2D eigenvalue weighted by Gasteiger charge is 2.08. The van der Waals surface area contributed by atoms with Gasteiger partial charge >= 0.3 is 6.03 Å². The largest absolute Gasteiger partial charge is 0.458 e. The van der Waals surface area contributed by atoms with Crippen molar-refractivity contribution in [2.45, 2.75) is 6.54 Å². The molecule has 0 atom stereocenters. The lowest BCUT2D eigenvalue weighted by Gasteiger charge is -2.07. The van der Waals surface area contributed by atoms with Crippen molar-refractivity contribution in [3.63, 3.8) is 0 Å². The number of carbonyl (C=O) groups is 1. The quantitative estimate of drug-likeness (QED) is 0.746. The minimum absolute atomic E-state index is 0.138. The molecule has 2 amide bonds. The maximum atomic E-state index is 13.4. The van der Waals surface area contributed by atoms with Gasteiger partial charge in [-0.2, -0.15) is 0 Å². The normalized spacial score (nSPS) is 10.4. The molecule has 0 spiro atoms. The molecule has 0 aliphatic rings. The number of hydrogen-bond donors (Lipinski definition) is 2. The van der Waals surface area contributed by atoms with Gasteiger partial charge < -0.3 is 15.1 Å². The maximum Gasteiger partial charge on any atom is 0.319 e. The molecule has 4 nitrogen and oxygen atoms in total. The van der Waals surface area contributed by atoms with Crippen molar-refractivity contribution in [2.75, 3.05) is 5.32 Å². The lowest BCUT2D eigenvalue weighted by Crippen LogP contribution is -2.28. The van der Waals surface area contributed by atoms with Crippen molar-refractivity contribution in [2.24, 2.45) is 0 Å². The molecule has 3 aromatic rings. The molecule has 22 heavy (non-hydrogen) atoms. The van der Waals surface area contributed by atoms with E-state index in [2.05, 4.69) is 10.6 Å². The molecule has 2 heterocycles. The second kappa shape index (κ2) is 6.44. The molecule has 2 aromatic heterocycles. The van der Waals surface area contributed by atoms with Gasteiger partial charge in [-0.25, -0.2) is 9.18 Å². The van der Waals surface area contributed by atoms with Gasteiger partial charge in [0.2, 0.25) is 0 Å². The van der Waals surface area contributed by atoms with Crippen LogP contribution in [-0.2, 0) is 6.54 Å². The number of anilines is 1. The van der Waals surface area contributed by atoms with E-state index in [0.29, 0.717) is 5.76 Å². The Bertz CT molecular complexity index is 768. The predicted octanol–water partition coefficient (Wildman–Crippen LogP) is 4.47. The summed E-state index contributed by atoms with van der Waals surface area (Å²) in [4.78, 5) is 12.8. The number of amides is 2. The van der Waals surface area contributed by atoms with Crippen LogP contribution >= 0.6 is 11.3 Å². The number of thiophene rings is 1. The minimum atomic E-state index is -0.487. The van der Waals surface area contributed by atoms with E-state index < -0.39 is 11.8 Å². The van der Waals surface area contributed by atoms with Crippen LogP contribution in [0, 0.1) is 5.82 Å². The number of para-hydroxylation sites is 1. The summed E-state index contributed by atoms with van der Waals surface area (Å²) in [6.07, 6.45) is 0. The summed E-state index contributed by atoms with van der Waals surface area (Å²) in [5.74, 6) is 0.920. The second-order valence-electron chi connectivity index (χ2n) is 4.53. The van der Waals surface area contributed by atoms with Crippen molar-refractivity contribution in [3.8, 4) is 10.6 Å². The molecule has 0 aliphatic heterocycles. The molecule has 0 saturated carbocycles. The van der Waals surface area contributed by atoms with E-state index in [1.54, 1.807) is 29.5 Å². The summed E-state index contributed by atoms with van der Waals surface area (Å²) in [6, 6.07) is 13.1. The van der Waals surface area contributed by atoms with Crippen molar-refractivity contribution >= 4 is 23.1 Å². The van der Waals surface area contributed by atoms with Crippen LogP contribution in [0.5, 0.6) is 0 Å². The number of urea groups is 1. The third-order valence-electron chi connectivity index (χ3n) is 2.97. The lowest BCUT2D eigenvalue weighted by molar-refractivity contribution is 0.250. The zero-order valence-corrected chi connectivity index (χ0v) is 12.3. The van der Waals surface area contributed by atoms with Gasteiger partial charge in [-0.05, 0) is 35.7 Å². The number of carbonyl (C=O) groups excluding carboxylic acids is 1. The number of rotatable bonds is 4. The highest BCUT2D eigenvalue weighted by Crippen LogP contribution is 2.26. The maximum absolute atomic E-state index is 13.4. The summed E-state index contributed by atoms with van der Waals surface area (Å²) >= 11 is 1.58. The zero-order chi connectivity index (χ0) is 15.4. The smallest absolute Gasteiger partial charge is 0.319 e. The van der Waals surface area contributed by atoms with Crippen molar-refractivity contribution in [3.05, 3.63) is 65.5 Å². The average Bonchev–Trinajstić information content (AvgIpc) is 3.18. The zero-order valence-electron chi connectivity index (χ0n) is 11.5. The summed E-state index contributed by atoms with van der Waals surface area (Å²) in [7, 11) is 0. The molecule has 2 N–H and O–H groups in total. The predicted molar refractivity (Wildman–Crippen MR) is 84.3 cm³/mol. The van der Waals surface area contributed by atoms with E-state index in [9.17, 15) is 9.18 Å². The Morgan fingerprint density at radius 2 is 2.00 bits per heavy atom. The van der Waals surface area contributed by atoms with E-state index in [4.69, 9.17) is 4.42 Å². The molecular weight excluding hydrogens is 303 g/mol. The highest BCUT2D eigenvalue weighted by atomic mass is 32.1. The van der Waals surface area contributed by atoms with Crippen LogP contribution in [0.2, 0.25) is 0 Å². The summed E-state index contributed by atoms with van der Waals surface area (Å²) in [5.41, 5.74) is 0.138. The molecule has 0 saturated heterocycles. The fraction of sp³-hybridized carbons (Fsp3) is 0.0625. The number of nitrogens with one attached hydrogen (secondary N) is 2. The standard InChI is InChI=1S/C16H13FN2O2S/c17-12-4-1-2-5-13(12)19-16(20)18-10-11-7-8-14(21-11)15-6-3-9-22-15/h1-9H,10H2,(H2,18,19,20). The average molecular weight is 316 g/mol. The number of halogens is 1. The molecule has 1 aromatic carbocycles. The van der Waals surface area contributed by atoms with Gasteiger partial charge in [0.15, 0.2) is 0 Å². The van der Waals surface area contributed by atoms with Gasteiger partial charge in [0.05, 0.1) is 17.1 Å². The minimum Gasteiger partial charge on any atom is -0.458 e. The number of furan rings is 1. The first kappa shape index (κ1) is 14.3. The van der Waals surface area contributed by atoms with Crippen LogP contribution in [0.1, 0.15) is 5.76 Å². The van der Waals surface area contributed by atoms with E-state index in [-0.39, 0.29) is 12.2 Å². The van der Waals surface area contributed by atoms with Gasteiger partial charge in [0.25, 0.3) is 0 Å². The van der Waals surface area contributed by atoms with Gasteiger partial charge in [0.1, 0.15) is 17.3 Å². The van der Waals surface area contributed by atoms with Crippen molar-refractivity contribution in [1.82, 2.24) is 5.32 Å². The van der Waals surface area contributed by atoms with Crippen LogP contribution in [0.4, 0.5) is 14.9 Å². The van der Waals surface area contributed by atoms with Gasteiger partial charge in [-0.3, -0.25) is 0 Å². The summed E-state index contributed by atoms with van der Waals surface area (Å²) in [6.45, 7) is 0.228. The fourth-order valence-electron chi connectivity index (χ4n) is 1.92. The Hall–Kier alpha value is -2.60. The van der Waals surface area contributed by atoms with Crippen LogP contribution in [0.25, 0.3) is 10.6 Å². The lowest BCUT2D eigenvalue weighted by atomic mass is 10.3. The summed E-state index contributed by atoms with van der Waals surface area (Å²) in [5, 5.41) is 7.05. The molecular formula is C16H13FN2O2S. The SMILES string of the molecule is O=C(NCc1ccc(-c2cccs2)o1)Nc1ccccc1F. The van der Waals surface area contributed by atoms with E-state index in [1.807, 2.05) is 23.6 Å². The molecule has 112 valence electrons. The fourth-order valence-corrected chi connectivity index (χ4v) is 2.61. The highest BCUT2D eigenvalue weighted by molar-refractivity contribution is 7.13. The third kappa shape index (κ3) is 3.35. The topological polar surface area (TPSA) is 54.3 Å². The second-order valence-corrected chi connectivity index (χ2v) is 5.48. The first-order valence-electron chi connectivity index (χ1n) is 6.64. The van der Waals surface area contributed by atoms with Crippen LogP contribution in [-0.4, -0.2) is 6.03 Å². The molecule has 0 fully saturated rings. The van der Waals surface area contributed by atoms with Crippen molar-refractivity contribution in [1.29, 1.82) is 0 Å². The van der Waals surface area contributed by atoms with Gasteiger partial charge in [-0.1, -0.05) is 18.2 Å². The van der Waals surface area contributed by atoms with Crippen molar-refractivity contribution < 1.29 is 13.6 Å². The molecule has 6 heteroatoms. The first-order chi connectivity index (χ1) is 10.7. The first-order valence-corrected chi connectivity index (χ1v) is 7.52. The Labute approximate surface area is 130 Å². The number of benzene rings is 1. The van der Waals surface area contributed by atoms with Crippen LogP contribution in [0.3, 0.4) is 0 Å². The Balaban J connectivity index is 1.56. The Kier molecular flexibility index (Phi) is 4.20. The summed E-state index contributed by atoms with van der Waals surface area (Å²) < 4.78 is 19.1. The van der Waals surface area contributed by atoms with Gasteiger partial charge in [0, 0.05) is 0 Å². The molecule has 0 radical (unpaired) electrons. The molecule has 0 aliphatic carbocycles. The monoisotopic (exact) mass is 316 g/mol. The number of hydrogen-bond acceptors (Lipinski definition) is 3. The molecule has 0 unspecified atom stereocenters. The Morgan fingerprint density at radius 1 is 1.14 bits per heavy atom.